The van der Waals surface area contributed by atoms with Crippen LogP contribution in [0.5, 0.6) is 0 Å². The molecule has 0 N–H and O–H groups in total. The number of halogens is 4. The second-order valence-corrected chi connectivity index (χ2v) is 7.14. The molecule has 0 spiro atoms. The third-order valence-corrected chi connectivity index (χ3v) is 5.13. The monoisotopic (exact) mass is 414 g/mol. The zero-order valence-electron chi connectivity index (χ0n) is 13.7. The van der Waals surface area contributed by atoms with Gasteiger partial charge in [-0.2, -0.15) is 0 Å². The lowest BCUT2D eigenvalue weighted by Crippen LogP contribution is -2.57. The van der Waals surface area contributed by atoms with E-state index in [1.54, 1.807) is 13.0 Å². The molecule has 0 radical (unpaired) electrons. The molecule has 0 saturated carbocycles. The van der Waals surface area contributed by atoms with Crippen molar-refractivity contribution in [3.05, 3.63) is 62.8 Å². The predicted molar refractivity (Wildman–Crippen MR) is 101 cm³/mol. The van der Waals surface area contributed by atoms with Gasteiger partial charge in [0.2, 0.25) is 5.91 Å². The van der Waals surface area contributed by atoms with E-state index in [4.69, 9.17) is 34.8 Å². The standard InChI is InChI=1S/C18H14Cl3FN2O2/c1-10-17(25)24(12-3-5-16(22)15(21)9-12)7-6-23(10)18(26)13-4-2-11(19)8-14(13)20/h2-5,8-10H,6-7H2,1H3/t10-/m1/s1. The summed E-state index contributed by atoms with van der Waals surface area (Å²) in [5, 5.41) is 0.595. The van der Waals surface area contributed by atoms with Crippen LogP contribution in [0.4, 0.5) is 10.1 Å². The van der Waals surface area contributed by atoms with E-state index in [0.29, 0.717) is 17.3 Å². The number of carbonyl (C=O) groups is 2. The van der Waals surface area contributed by atoms with E-state index in [1.807, 2.05) is 0 Å². The fraction of sp³-hybridized carbons (Fsp3) is 0.222. The Morgan fingerprint density at radius 2 is 1.81 bits per heavy atom. The van der Waals surface area contributed by atoms with Crippen LogP contribution < -0.4 is 4.90 Å². The van der Waals surface area contributed by atoms with Crippen molar-refractivity contribution in [3.63, 3.8) is 0 Å². The number of piperazine rings is 1. The Balaban J connectivity index is 1.83. The number of hydrogen-bond acceptors (Lipinski definition) is 2. The molecule has 0 unspecified atom stereocenters. The molecule has 2 aromatic carbocycles. The van der Waals surface area contributed by atoms with Gasteiger partial charge in [-0.15, -0.1) is 0 Å². The van der Waals surface area contributed by atoms with E-state index in [1.165, 1.54) is 40.1 Å². The Labute approximate surface area is 165 Å². The fourth-order valence-corrected chi connectivity index (χ4v) is 3.54. The van der Waals surface area contributed by atoms with Crippen molar-refractivity contribution < 1.29 is 14.0 Å². The average Bonchev–Trinajstić information content (AvgIpc) is 2.59. The Kier molecular flexibility index (Phi) is 5.42. The van der Waals surface area contributed by atoms with Crippen molar-refractivity contribution >= 4 is 52.3 Å². The number of anilines is 1. The Bertz CT molecular complexity index is 891. The second kappa shape index (κ2) is 7.43. The molecule has 1 aliphatic heterocycles. The van der Waals surface area contributed by atoms with Gasteiger partial charge in [-0.25, -0.2) is 4.39 Å². The van der Waals surface area contributed by atoms with Gasteiger partial charge in [0.15, 0.2) is 0 Å². The van der Waals surface area contributed by atoms with Gasteiger partial charge < -0.3 is 9.80 Å². The molecular weight excluding hydrogens is 402 g/mol. The van der Waals surface area contributed by atoms with Gasteiger partial charge in [0.25, 0.3) is 5.91 Å². The topological polar surface area (TPSA) is 40.6 Å². The molecule has 1 heterocycles. The summed E-state index contributed by atoms with van der Waals surface area (Å²) in [4.78, 5) is 28.5. The zero-order valence-corrected chi connectivity index (χ0v) is 15.9. The summed E-state index contributed by atoms with van der Waals surface area (Å²) in [6, 6.07) is 7.99. The fourth-order valence-electron chi connectivity index (χ4n) is 2.87. The molecule has 26 heavy (non-hydrogen) atoms. The van der Waals surface area contributed by atoms with Crippen LogP contribution in [0.3, 0.4) is 0 Å². The van der Waals surface area contributed by atoms with Crippen molar-refractivity contribution in [3.8, 4) is 0 Å². The first-order valence-corrected chi connectivity index (χ1v) is 8.95. The number of hydrogen-bond donors (Lipinski definition) is 0. The van der Waals surface area contributed by atoms with Gasteiger partial charge in [-0.3, -0.25) is 9.59 Å². The van der Waals surface area contributed by atoms with Crippen LogP contribution in [0.15, 0.2) is 36.4 Å². The summed E-state index contributed by atoms with van der Waals surface area (Å²) in [7, 11) is 0. The molecule has 1 aliphatic rings. The molecule has 1 saturated heterocycles. The lowest BCUT2D eigenvalue weighted by Gasteiger charge is -2.39. The van der Waals surface area contributed by atoms with Crippen molar-refractivity contribution in [1.82, 2.24) is 4.90 Å². The van der Waals surface area contributed by atoms with Crippen molar-refractivity contribution in [2.75, 3.05) is 18.0 Å². The largest absolute Gasteiger partial charge is 0.325 e. The predicted octanol–water partition coefficient (Wildman–Crippen LogP) is 4.66. The Morgan fingerprint density at radius 3 is 2.46 bits per heavy atom. The maximum absolute atomic E-state index is 13.4. The molecule has 0 bridgehead atoms. The van der Waals surface area contributed by atoms with Crippen LogP contribution in [-0.4, -0.2) is 35.8 Å². The lowest BCUT2D eigenvalue weighted by molar-refractivity contribution is -0.124. The summed E-state index contributed by atoms with van der Waals surface area (Å²) < 4.78 is 13.4. The highest BCUT2D eigenvalue weighted by Crippen LogP contribution is 2.28. The molecule has 2 aromatic rings. The van der Waals surface area contributed by atoms with E-state index in [0.717, 1.165) is 0 Å². The van der Waals surface area contributed by atoms with Gasteiger partial charge in [0.05, 0.1) is 15.6 Å². The van der Waals surface area contributed by atoms with Crippen molar-refractivity contribution in [2.45, 2.75) is 13.0 Å². The number of nitrogens with zero attached hydrogens (tertiary/aromatic N) is 2. The van der Waals surface area contributed by atoms with Crippen LogP contribution in [0.2, 0.25) is 15.1 Å². The Morgan fingerprint density at radius 1 is 1.08 bits per heavy atom. The van der Waals surface area contributed by atoms with Gasteiger partial charge in [-0.05, 0) is 43.3 Å². The van der Waals surface area contributed by atoms with E-state index in [-0.39, 0.29) is 34.0 Å². The van der Waals surface area contributed by atoms with Crippen molar-refractivity contribution in [2.24, 2.45) is 0 Å². The van der Waals surface area contributed by atoms with Crippen LogP contribution in [0, 0.1) is 5.82 Å². The first kappa shape index (κ1) is 19.0. The SMILES string of the molecule is C[C@@H]1C(=O)N(c2ccc(F)c(Cl)c2)CCN1C(=O)c1ccc(Cl)cc1Cl. The van der Waals surface area contributed by atoms with Gasteiger partial charge in [0.1, 0.15) is 11.9 Å². The molecule has 1 atom stereocenters. The highest BCUT2D eigenvalue weighted by atomic mass is 35.5. The van der Waals surface area contributed by atoms with Crippen LogP contribution >= 0.6 is 34.8 Å². The van der Waals surface area contributed by atoms with Crippen molar-refractivity contribution in [1.29, 1.82) is 0 Å². The summed E-state index contributed by atoms with van der Waals surface area (Å²) in [5.41, 5.74) is 0.777. The smallest absolute Gasteiger partial charge is 0.256 e. The maximum atomic E-state index is 13.4. The highest BCUT2D eigenvalue weighted by molar-refractivity contribution is 6.36. The van der Waals surface area contributed by atoms with E-state index >= 15 is 0 Å². The van der Waals surface area contributed by atoms with Gasteiger partial charge in [0, 0.05) is 23.8 Å². The summed E-state index contributed by atoms with van der Waals surface area (Å²) in [6.45, 7) is 2.21. The first-order chi connectivity index (χ1) is 12.3. The molecule has 8 heteroatoms. The Hall–Kier alpha value is -1.82. The first-order valence-electron chi connectivity index (χ1n) is 7.82. The molecule has 0 aromatic heterocycles. The quantitative estimate of drug-likeness (QED) is 0.715. The molecule has 136 valence electrons. The molecule has 2 amide bonds. The van der Waals surface area contributed by atoms with E-state index < -0.39 is 11.9 Å². The van der Waals surface area contributed by atoms with Crippen LogP contribution in [0.25, 0.3) is 0 Å². The molecular formula is C18H14Cl3FN2O2. The summed E-state index contributed by atoms with van der Waals surface area (Å²) in [6.07, 6.45) is 0. The molecule has 1 fully saturated rings. The van der Waals surface area contributed by atoms with E-state index in [2.05, 4.69) is 0 Å². The zero-order chi connectivity index (χ0) is 19.0. The van der Waals surface area contributed by atoms with Gasteiger partial charge >= 0.3 is 0 Å². The summed E-state index contributed by atoms with van der Waals surface area (Å²) >= 11 is 17.8. The normalized spacial score (nSPS) is 17.6. The third kappa shape index (κ3) is 3.52. The summed E-state index contributed by atoms with van der Waals surface area (Å²) in [5.74, 6) is -1.18. The molecule has 3 rings (SSSR count). The number of benzene rings is 2. The minimum Gasteiger partial charge on any atom is -0.325 e. The molecule has 0 aliphatic carbocycles. The highest BCUT2D eigenvalue weighted by Gasteiger charge is 2.36. The number of carbonyl (C=O) groups excluding carboxylic acids is 2. The maximum Gasteiger partial charge on any atom is 0.256 e. The minimum atomic E-state index is -0.702. The second-order valence-electron chi connectivity index (χ2n) is 5.89. The minimum absolute atomic E-state index is 0.0607. The van der Waals surface area contributed by atoms with E-state index in [9.17, 15) is 14.0 Å². The van der Waals surface area contributed by atoms with Crippen LogP contribution in [-0.2, 0) is 4.79 Å². The third-order valence-electron chi connectivity index (χ3n) is 4.29. The molecule has 4 nitrogen and oxygen atoms in total. The number of rotatable bonds is 2. The van der Waals surface area contributed by atoms with Crippen LogP contribution in [0.1, 0.15) is 17.3 Å². The van der Waals surface area contributed by atoms with Gasteiger partial charge in [-0.1, -0.05) is 34.8 Å². The average molecular weight is 416 g/mol. The lowest BCUT2D eigenvalue weighted by atomic mass is 10.1. The number of amides is 2.